The molecule has 1 nitrogen and oxygen atoms in total. The van der Waals surface area contributed by atoms with Crippen molar-refractivity contribution in [3.63, 3.8) is 0 Å². The van der Waals surface area contributed by atoms with Crippen molar-refractivity contribution >= 4 is 0 Å². The van der Waals surface area contributed by atoms with Gasteiger partial charge in [-0.25, -0.2) is 0 Å². The van der Waals surface area contributed by atoms with Gasteiger partial charge in [0, 0.05) is 0 Å². The largest absolute Gasteiger partial charge is 0.309 e. The summed E-state index contributed by atoms with van der Waals surface area (Å²) in [5, 5.41) is 0. The van der Waals surface area contributed by atoms with Crippen molar-refractivity contribution in [3.05, 3.63) is 0 Å². The van der Waals surface area contributed by atoms with Crippen LogP contribution in [0.4, 0.5) is 0 Å². The molecule has 0 N–H and O–H groups in total. The van der Waals surface area contributed by atoms with Gasteiger partial charge in [0.1, 0.15) is 0 Å². The quantitative estimate of drug-likeness (QED) is 0.593. The Morgan fingerprint density at radius 2 is 1.73 bits per heavy atom. The van der Waals surface area contributed by atoms with Crippen LogP contribution >= 0.6 is 0 Å². The van der Waals surface area contributed by atoms with Gasteiger partial charge in [-0.3, -0.25) is 0 Å². The van der Waals surface area contributed by atoms with E-state index in [1.54, 1.807) is 0 Å². The minimum absolute atomic E-state index is 0.847. The normalized spacial score (nSPS) is 14.5. The first-order chi connectivity index (χ1) is 5.07. The molecule has 0 aliphatic carbocycles. The fraction of sp³-hybridized carbons (Fsp3) is 1.00. The van der Waals surface area contributed by atoms with E-state index in [0.29, 0.717) is 0 Å². The van der Waals surface area contributed by atoms with Crippen LogP contribution in [-0.2, 0) is 0 Å². The average molecular weight is 157 g/mol. The number of hydrogen-bond donors (Lipinski definition) is 0. The van der Waals surface area contributed by atoms with Gasteiger partial charge < -0.3 is 4.90 Å². The van der Waals surface area contributed by atoms with Crippen LogP contribution in [0.1, 0.15) is 33.6 Å². The van der Waals surface area contributed by atoms with E-state index < -0.39 is 0 Å². The summed E-state index contributed by atoms with van der Waals surface area (Å²) in [7, 11) is 4.29. The SMILES string of the molecule is CC[C@H](CCN(C)C)C(C)C. The van der Waals surface area contributed by atoms with Crippen LogP contribution in [0, 0.1) is 11.8 Å². The van der Waals surface area contributed by atoms with Crippen LogP contribution in [0.5, 0.6) is 0 Å². The standard InChI is InChI=1S/C10H23N/c1-6-10(9(2)3)7-8-11(4)5/h9-10H,6-8H2,1-5H3/t10-/m1/s1. The Kier molecular flexibility index (Phi) is 5.57. The molecule has 0 saturated carbocycles. The molecule has 1 atom stereocenters. The van der Waals surface area contributed by atoms with Crippen molar-refractivity contribution in [2.45, 2.75) is 33.6 Å². The van der Waals surface area contributed by atoms with E-state index in [9.17, 15) is 0 Å². The molecule has 68 valence electrons. The lowest BCUT2D eigenvalue weighted by molar-refractivity contribution is 0.292. The van der Waals surface area contributed by atoms with Crippen LogP contribution in [0.15, 0.2) is 0 Å². The Labute approximate surface area is 71.8 Å². The summed E-state index contributed by atoms with van der Waals surface area (Å²) in [6, 6.07) is 0. The van der Waals surface area contributed by atoms with E-state index in [1.807, 2.05) is 0 Å². The minimum Gasteiger partial charge on any atom is -0.309 e. The Bertz CT molecular complexity index is 86.9. The van der Waals surface area contributed by atoms with E-state index in [2.05, 4.69) is 39.8 Å². The van der Waals surface area contributed by atoms with Crippen LogP contribution in [-0.4, -0.2) is 25.5 Å². The van der Waals surface area contributed by atoms with Gasteiger partial charge in [0.25, 0.3) is 0 Å². The molecule has 0 saturated heterocycles. The molecule has 0 rings (SSSR count). The summed E-state index contributed by atoms with van der Waals surface area (Å²) in [6.45, 7) is 8.17. The monoisotopic (exact) mass is 157 g/mol. The van der Waals surface area contributed by atoms with E-state index in [0.717, 1.165) is 11.8 Å². The maximum Gasteiger partial charge on any atom is -0.00221 e. The van der Waals surface area contributed by atoms with Gasteiger partial charge in [0.15, 0.2) is 0 Å². The van der Waals surface area contributed by atoms with Crippen molar-refractivity contribution in [1.29, 1.82) is 0 Å². The molecule has 0 bridgehead atoms. The van der Waals surface area contributed by atoms with Crippen LogP contribution in [0.2, 0.25) is 0 Å². The molecule has 11 heavy (non-hydrogen) atoms. The number of nitrogens with zero attached hydrogens (tertiary/aromatic N) is 1. The Balaban J connectivity index is 3.52. The second-order valence-corrected chi connectivity index (χ2v) is 4.00. The molecule has 0 heterocycles. The van der Waals surface area contributed by atoms with Gasteiger partial charge >= 0.3 is 0 Å². The molecule has 0 radical (unpaired) electrons. The predicted octanol–water partition coefficient (Wildman–Crippen LogP) is 2.62. The summed E-state index contributed by atoms with van der Waals surface area (Å²) in [6.07, 6.45) is 2.67. The fourth-order valence-electron chi connectivity index (χ4n) is 1.43. The lowest BCUT2D eigenvalue weighted by Gasteiger charge is -2.20. The molecular formula is C10H23N. The maximum atomic E-state index is 2.32. The molecule has 0 unspecified atom stereocenters. The molecule has 1 heteroatoms. The third-order valence-electron chi connectivity index (χ3n) is 2.41. The van der Waals surface area contributed by atoms with Crippen LogP contribution in [0.25, 0.3) is 0 Å². The van der Waals surface area contributed by atoms with E-state index in [4.69, 9.17) is 0 Å². The molecule has 0 aliphatic heterocycles. The van der Waals surface area contributed by atoms with E-state index in [-0.39, 0.29) is 0 Å². The van der Waals surface area contributed by atoms with Crippen LogP contribution in [0.3, 0.4) is 0 Å². The van der Waals surface area contributed by atoms with Gasteiger partial charge in [-0.1, -0.05) is 27.2 Å². The average Bonchev–Trinajstić information content (AvgIpc) is 1.87. The minimum atomic E-state index is 0.847. The van der Waals surface area contributed by atoms with Crippen molar-refractivity contribution in [2.75, 3.05) is 20.6 Å². The topological polar surface area (TPSA) is 3.24 Å². The smallest absolute Gasteiger partial charge is 0.00221 e. The van der Waals surface area contributed by atoms with Crippen molar-refractivity contribution in [2.24, 2.45) is 11.8 Å². The highest BCUT2D eigenvalue weighted by Crippen LogP contribution is 2.18. The van der Waals surface area contributed by atoms with Gasteiger partial charge in [-0.15, -0.1) is 0 Å². The van der Waals surface area contributed by atoms with Gasteiger partial charge in [0.05, 0.1) is 0 Å². The highest BCUT2D eigenvalue weighted by molar-refractivity contribution is 4.62. The lowest BCUT2D eigenvalue weighted by Crippen LogP contribution is -2.18. The second-order valence-electron chi connectivity index (χ2n) is 4.00. The highest BCUT2D eigenvalue weighted by atomic mass is 15.0. The molecule has 0 spiro atoms. The number of rotatable bonds is 5. The van der Waals surface area contributed by atoms with Gasteiger partial charge in [-0.05, 0) is 38.9 Å². The first kappa shape index (κ1) is 11.0. The van der Waals surface area contributed by atoms with Gasteiger partial charge in [-0.2, -0.15) is 0 Å². The zero-order valence-corrected chi connectivity index (χ0v) is 8.72. The fourth-order valence-corrected chi connectivity index (χ4v) is 1.43. The lowest BCUT2D eigenvalue weighted by atomic mass is 9.90. The zero-order valence-electron chi connectivity index (χ0n) is 8.72. The Morgan fingerprint density at radius 3 is 2.00 bits per heavy atom. The third kappa shape index (κ3) is 5.25. The maximum absolute atomic E-state index is 2.32. The summed E-state index contributed by atoms with van der Waals surface area (Å²) in [4.78, 5) is 2.27. The molecule has 0 fully saturated rings. The van der Waals surface area contributed by atoms with E-state index >= 15 is 0 Å². The molecule has 0 aliphatic rings. The summed E-state index contributed by atoms with van der Waals surface area (Å²) < 4.78 is 0. The first-order valence-electron chi connectivity index (χ1n) is 4.72. The highest BCUT2D eigenvalue weighted by Gasteiger charge is 2.10. The van der Waals surface area contributed by atoms with Crippen LogP contribution < -0.4 is 0 Å². The predicted molar refractivity (Wildman–Crippen MR) is 51.8 cm³/mol. The molecule has 0 aromatic rings. The van der Waals surface area contributed by atoms with E-state index in [1.165, 1.54) is 19.4 Å². The van der Waals surface area contributed by atoms with Crippen molar-refractivity contribution in [3.8, 4) is 0 Å². The molecular weight excluding hydrogens is 134 g/mol. The summed E-state index contributed by atoms with van der Waals surface area (Å²) in [5.74, 6) is 1.76. The zero-order chi connectivity index (χ0) is 8.85. The number of hydrogen-bond acceptors (Lipinski definition) is 1. The van der Waals surface area contributed by atoms with Gasteiger partial charge in [0.2, 0.25) is 0 Å². The molecule has 0 aromatic heterocycles. The Hall–Kier alpha value is -0.0400. The Morgan fingerprint density at radius 1 is 1.18 bits per heavy atom. The second kappa shape index (κ2) is 5.59. The molecule has 0 aromatic carbocycles. The third-order valence-corrected chi connectivity index (χ3v) is 2.41. The summed E-state index contributed by atoms with van der Waals surface area (Å²) >= 11 is 0. The summed E-state index contributed by atoms with van der Waals surface area (Å²) in [5.41, 5.74) is 0. The van der Waals surface area contributed by atoms with Crippen molar-refractivity contribution in [1.82, 2.24) is 4.90 Å². The molecule has 0 amide bonds. The van der Waals surface area contributed by atoms with Crippen molar-refractivity contribution < 1.29 is 0 Å². The first-order valence-corrected chi connectivity index (χ1v) is 4.72.